The number of hydrogen-bond acceptors (Lipinski definition) is 4. The number of carbonyl (C=O) groups excluding carboxylic acids is 1. The van der Waals surface area contributed by atoms with Crippen molar-refractivity contribution < 1.29 is 4.79 Å². The number of urea groups is 1. The Morgan fingerprint density at radius 1 is 0.889 bits per heavy atom. The minimum Gasteiger partial charge on any atom is -0.368 e. The maximum atomic E-state index is 13.2. The van der Waals surface area contributed by atoms with Gasteiger partial charge in [0.2, 0.25) is 0 Å². The van der Waals surface area contributed by atoms with E-state index in [2.05, 4.69) is 45.3 Å². The number of nitrogens with zero attached hydrogens (tertiary/aromatic N) is 4. The molecule has 0 spiro atoms. The lowest BCUT2D eigenvalue weighted by molar-refractivity contribution is 0.257. The molecule has 3 aromatic carbocycles. The quantitative estimate of drug-likeness (QED) is 0.383. The van der Waals surface area contributed by atoms with Crippen LogP contribution in [0.2, 0.25) is 5.02 Å². The Balaban J connectivity index is 1.18. The third-order valence-corrected chi connectivity index (χ3v) is 7.50. The number of anilines is 3. The van der Waals surface area contributed by atoms with Gasteiger partial charge >= 0.3 is 6.03 Å². The molecular weight excluding hydrogens is 470 g/mol. The summed E-state index contributed by atoms with van der Waals surface area (Å²) in [7, 11) is 2.14. The van der Waals surface area contributed by atoms with Gasteiger partial charge in [-0.1, -0.05) is 41.9 Å². The van der Waals surface area contributed by atoms with E-state index < -0.39 is 0 Å². The number of fused-ring (bicyclic) bond motifs is 2. The van der Waals surface area contributed by atoms with E-state index in [9.17, 15) is 4.79 Å². The van der Waals surface area contributed by atoms with Crippen LogP contribution in [0.25, 0.3) is 22.0 Å². The Labute approximate surface area is 216 Å². The fourth-order valence-corrected chi connectivity index (χ4v) is 5.37. The van der Waals surface area contributed by atoms with Gasteiger partial charge in [0.1, 0.15) is 0 Å². The van der Waals surface area contributed by atoms with Crippen LogP contribution in [-0.2, 0) is 6.42 Å². The summed E-state index contributed by atoms with van der Waals surface area (Å²) in [6, 6.07) is 22.1. The molecule has 1 N–H and O–H groups in total. The van der Waals surface area contributed by atoms with E-state index in [0.29, 0.717) is 6.54 Å². The summed E-state index contributed by atoms with van der Waals surface area (Å²) in [5.74, 6) is 0. The van der Waals surface area contributed by atoms with Crippen LogP contribution in [0.4, 0.5) is 21.9 Å². The first-order chi connectivity index (χ1) is 17.5. The highest BCUT2D eigenvalue weighted by molar-refractivity contribution is 6.33. The smallest absolute Gasteiger partial charge is 0.326 e. The first kappa shape index (κ1) is 22.8. The van der Waals surface area contributed by atoms with E-state index in [0.717, 1.165) is 82.3 Å². The number of benzene rings is 3. The molecule has 6 nitrogen and oxygen atoms in total. The van der Waals surface area contributed by atoms with Gasteiger partial charge in [-0.25, -0.2) is 4.79 Å². The van der Waals surface area contributed by atoms with Crippen molar-refractivity contribution in [1.29, 1.82) is 0 Å². The van der Waals surface area contributed by atoms with Crippen LogP contribution in [0, 0.1) is 0 Å². The second-order valence-corrected chi connectivity index (χ2v) is 9.96. The molecule has 3 heterocycles. The average Bonchev–Trinajstić information content (AvgIpc) is 3.32. The fraction of sp³-hybridized carbons (Fsp3) is 0.241. The van der Waals surface area contributed by atoms with Gasteiger partial charge < -0.3 is 15.1 Å². The largest absolute Gasteiger partial charge is 0.368 e. The zero-order valence-corrected chi connectivity index (χ0v) is 21.0. The predicted octanol–water partition coefficient (Wildman–Crippen LogP) is 5.90. The molecular formula is C29H28ClN5O. The van der Waals surface area contributed by atoms with Crippen molar-refractivity contribution >= 4 is 45.6 Å². The van der Waals surface area contributed by atoms with Crippen LogP contribution in [0.1, 0.15) is 5.56 Å². The van der Waals surface area contributed by atoms with Crippen molar-refractivity contribution in [3.05, 3.63) is 83.5 Å². The van der Waals surface area contributed by atoms with Gasteiger partial charge in [0, 0.05) is 55.6 Å². The molecule has 6 rings (SSSR count). The number of piperazine rings is 1. The summed E-state index contributed by atoms with van der Waals surface area (Å²) >= 11 is 6.65. The number of aromatic nitrogens is 1. The number of rotatable bonds is 3. The fourth-order valence-electron chi connectivity index (χ4n) is 5.06. The van der Waals surface area contributed by atoms with Crippen LogP contribution >= 0.6 is 11.6 Å². The molecule has 2 amide bonds. The van der Waals surface area contributed by atoms with Crippen LogP contribution < -0.4 is 15.1 Å². The van der Waals surface area contributed by atoms with E-state index in [1.54, 1.807) is 0 Å². The van der Waals surface area contributed by atoms with E-state index in [-0.39, 0.29) is 6.03 Å². The zero-order chi connectivity index (χ0) is 24.6. The number of amides is 2. The highest BCUT2D eigenvalue weighted by Crippen LogP contribution is 2.38. The van der Waals surface area contributed by atoms with Gasteiger partial charge in [-0.15, -0.1) is 0 Å². The van der Waals surface area contributed by atoms with E-state index in [1.807, 2.05) is 59.6 Å². The van der Waals surface area contributed by atoms with Crippen molar-refractivity contribution in [2.45, 2.75) is 6.42 Å². The van der Waals surface area contributed by atoms with Gasteiger partial charge in [0.15, 0.2) is 0 Å². The van der Waals surface area contributed by atoms with Crippen LogP contribution in [0.5, 0.6) is 0 Å². The number of hydrogen-bond donors (Lipinski definition) is 1. The molecule has 182 valence electrons. The number of halogens is 1. The lowest BCUT2D eigenvalue weighted by Gasteiger charge is -2.35. The number of likely N-dealkylation sites (N-methyl/N-ethyl adjacent to an activating group) is 1. The molecule has 1 fully saturated rings. The molecule has 0 unspecified atom stereocenters. The van der Waals surface area contributed by atoms with E-state index >= 15 is 0 Å². The first-order valence-corrected chi connectivity index (χ1v) is 12.7. The third kappa shape index (κ3) is 4.38. The van der Waals surface area contributed by atoms with Gasteiger partial charge in [0.05, 0.1) is 21.9 Å². The van der Waals surface area contributed by atoms with E-state index in [1.165, 1.54) is 0 Å². The van der Waals surface area contributed by atoms with Crippen molar-refractivity contribution in [2.75, 3.05) is 54.9 Å². The van der Waals surface area contributed by atoms with Crippen molar-refractivity contribution in [3.8, 4) is 11.1 Å². The maximum Gasteiger partial charge on any atom is 0.326 e. The lowest BCUT2D eigenvalue weighted by atomic mass is 10.1. The molecule has 7 heteroatoms. The SMILES string of the molecule is CN1CCN(c2cc3c(cc2Cl)CCN3C(=O)Nc2ccc(-c3cnc4ccccc4c3)cc2)CC1. The highest BCUT2D eigenvalue weighted by atomic mass is 35.5. The zero-order valence-electron chi connectivity index (χ0n) is 20.2. The number of carbonyl (C=O) groups is 1. The van der Waals surface area contributed by atoms with Gasteiger partial charge in [-0.05, 0) is 61.0 Å². The molecule has 0 atom stereocenters. The van der Waals surface area contributed by atoms with Crippen LogP contribution in [0.3, 0.4) is 0 Å². The maximum absolute atomic E-state index is 13.2. The minimum atomic E-state index is -0.125. The molecule has 0 bridgehead atoms. The monoisotopic (exact) mass is 497 g/mol. The van der Waals surface area contributed by atoms with Crippen LogP contribution in [0.15, 0.2) is 72.9 Å². The average molecular weight is 498 g/mol. The summed E-state index contributed by atoms with van der Waals surface area (Å²) < 4.78 is 0. The Bertz CT molecular complexity index is 1430. The Hall–Kier alpha value is -3.61. The number of pyridine rings is 1. The second kappa shape index (κ2) is 9.45. The van der Waals surface area contributed by atoms with Crippen molar-refractivity contribution in [3.63, 3.8) is 0 Å². The standard InChI is InChI=1S/C29H28ClN5O/c1-33-12-14-34(15-13-33)28-18-27-22(17-25(28)30)10-11-35(27)29(36)32-24-8-6-20(7-9-24)23-16-21-4-2-3-5-26(21)31-19-23/h2-9,16-19H,10-15H2,1H3,(H,32,36). The molecule has 36 heavy (non-hydrogen) atoms. The molecule has 2 aliphatic rings. The molecule has 1 saturated heterocycles. The topological polar surface area (TPSA) is 51.7 Å². The molecule has 0 saturated carbocycles. The summed E-state index contributed by atoms with van der Waals surface area (Å²) in [5, 5.41) is 4.94. The third-order valence-electron chi connectivity index (χ3n) is 7.19. The van der Waals surface area contributed by atoms with Gasteiger partial charge in [-0.2, -0.15) is 0 Å². The molecule has 4 aromatic rings. The van der Waals surface area contributed by atoms with Crippen molar-refractivity contribution in [1.82, 2.24) is 9.88 Å². The molecule has 0 aliphatic carbocycles. The minimum absolute atomic E-state index is 0.125. The van der Waals surface area contributed by atoms with E-state index in [4.69, 9.17) is 11.6 Å². The first-order valence-electron chi connectivity index (χ1n) is 12.3. The number of nitrogens with one attached hydrogen (secondary N) is 1. The summed E-state index contributed by atoms with van der Waals surface area (Å²) in [6.07, 6.45) is 2.69. The summed E-state index contributed by atoms with van der Waals surface area (Å²) in [5.41, 5.74) is 6.93. The Morgan fingerprint density at radius 2 is 1.67 bits per heavy atom. The van der Waals surface area contributed by atoms with Crippen molar-refractivity contribution in [2.24, 2.45) is 0 Å². The summed E-state index contributed by atoms with van der Waals surface area (Å²) in [4.78, 5) is 24.3. The summed E-state index contributed by atoms with van der Waals surface area (Å²) in [6.45, 7) is 4.51. The lowest BCUT2D eigenvalue weighted by Crippen LogP contribution is -2.44. The Morgan fingerprint density at radius 3 is 2.47 bits per heavy atom. The van der Waals surface area contributed by atoms with Crippen LogP contribution in [-0.4, -0.2) is 55.7 Å². The number of para-hydroxylation sites is 1. The predicted molar refractivity (Wildman–Crippen MR) is 148 cm³/mol. The highest BCUT2D eigenvalue weighted by Gasteiger charge is 2.28. The normalized spacial score (nSPS) is 15.8. The molecule has 0 radical (unpaired) electrons. The second-order valence-electron chi connectivity index (χ2n) is 9.55. The van der Waals surface area contributed by atoms with Gasteiger partial charge in [-0.3, -0.25) is 9.88 Å². The van der Waals surface area contributed by atoms with Gasteiger partial charge in [0.25, 0.3) is 0 Å². The molecule has 2 aliphatic heterocycles. The Kier molecular flexibility index (Phi) is 5.99. The molecule has 1 aromatic heterocycles.